The van der Waals surface area contributed by atoms with Gasteiger partial charge in [0.2, 0.25) is 0 Å². The van der Waals surface area contributed by atoms with Gasteiger partial charge in [-0.2, -0.15) is 0 Å². The number of rotatable bonds is 7. The molecule has 0 saturated carbocycles. The molecular formula is C61H53NS. The lowest BCUT2D eigenvalue weighted by atomic mass is 9.78. The van der Waals surface area contributed by atoms with E-state index >= 15 is 0 Å². The minimum absolute atomic E-state index is 0.0722. The van der Waals surface area contributed by atoms with E-state index < -0.39 is 0 Å². The van der Waals surface area contributed by atoms with Crippen molar-refractivity contribution in [2.24, 2.45) is 0 Å². The number of aryl methyl sites for hydroxylation is 3. The van der Waals surface area contributed by atoms with Crippen molar-refractivity contribution >= 4 is 50.1 Å². The summed E-state index contributed by atoms with van der Waals surface area (Å²) >= 11 is 1.97. The third kappa shape index (κ3) is 6.75. The number of hydrogen-bond acceptors (Lipinski definition) is 2. The van der Waals surface area contributed by atoms with E-state index in [2.05, 4.69) is 209 Å². The second-order valence-electron chi connectivity index (χ2n) is 18.4. The first-order chi connectivity index (χ1) is 30.7. The monoisotopic (exact) mass is 831 g/mol. The van der Waals surface area contributed by atoms with Crippen LogP contribution < -0.4 is 4.90 Å². The van der Waals surface area contributed by atoms with E-state index in [1.54, 1.807) is 5.57 Å². The van der Waals surface area contributed by atoms with Crippen LogP contribution in [-0.4, -0.2) is 0 Å². The number of hydrogen-bond donors (Lipinski definition) is 0. The largest absolute Gasteiger partial charge is 0.310 e. The van der Waals surface area contributed by atoms with Crippen LogP contribution in [0.5, 0.6) is 0 Å². The van der Waals surface area contributed by atoms with Crippen LogP contribution in [-0.2, 0) is 11.8 Å². The second-order valence-corrected chi connectivity index (χ2v) is 19.5. The summed E-state index contributed by atoms with van der Waals surface area (Å²) in [7, 11) is 0. The minimum Gasteiger partial charge on any atom is -0.310 e. The standard InChI is InChI=1S/C61H53NS/c1-39-15-9-11-17-48(39)50-34-36-57(60(41(50)3)49-18-12-10-16-40(49)2)62(47-31-25-43(26-32-47)45-27-33-53-52-20-7-6-8-22-58(52)63-59(53)38-45)46-29-23-42(24-30-46)44-28-35-56-54(37-44)51-19-13-14-21-55(51)61(56,4)5/h7,9-13,15-20,23-38H,6,8,14,21-22H2,1-5H3. The molecule has 0 spiro atoms. The average Bonchev–Trinajstić information content (AvgIpc) is 3.64. The van der Waals surface area contributed by atoms with Gasteiger partial charge in [0, 0.05) is 31.9 Å². The smallest absolute Gasteiger partial charge is 0.0543 e. The van der Waals surface area contributed by atoms with Gasteiger partial charge in [-0.25, -0.2) is 0 Å². The molecule has 63 heavy (non-hydrogen) atoms. The summed E-state index contributed by atoms with van der Waals surface area (Å²) in [5.41, 5.74) is 24.6. The Morgan fingerprint density at radius 2 is 1.17 bits per heavy atom. The lowest BCUT2D eigenvalue weighted by Crippen LogP contribution is -2.17. The predicted octanol–water partition coefficient (Wildman–Crippen LogP) is 17.7. The molecule has 0 amide bonds. The van der Waals surface area contributed by atoms with Crippen LogP contribution in [0.1, 0.15) is 77.8 Å². The normalized spacial score (nSPS) is 15.0. The molecule has 3 aliphatic rings. The molecule has 2 heteroatoms. The highest BCUT2D eigenvalue weighted by molar-refractivity contribution is 7.19. The molecule has 0 aliphatic heterocycles. The van der Waals surface area contributed by atoms with E-state index in [-0.39, 0.29) is 5.41 Å². The van der Waals surface area contributed by atoms with Gasteiger partial charge >= 0.3 is 0 Å². The first kappa shape index (κ1) is 39.4. The van der Waals surface area contributed by atoms with Gasteiger partial charge in [-0.05, 0) is 179 Å². The summed E-state index contributed by atoms with van der Waals surface area (Å²) in [4.78, 5) is 4.00. The summed E-state index contributed by atoms with van der Waals surface area (Å²) < 4.78 is 1.38. The summed E-state index contributed by atoms with van der Waals surface area (Å²) in [6.45, 7) is 11.6. The maximum Gasteiger partial charge on any atom is 0.0543 e. The number of benzene rings is 7. The molecule has 0 radical (unpaired) electrons. The van der Waals surface area contributed by atoms with Gasteiger partial charge in [-0.1, -0.05) is 147 Å². The molecule has 0 bridgehead atoms. The van der Waals surface area contributed by atoms with E-state index in [1.165, 1.54) is 118 Å². The van der Waals surface area contributed by atoms with Crippen LogP contribution in [0, 0.1) is 20.8 Å². The summed E-state index contributed by atoms with van der Waals surface area (Å²) in [5, 5.41) is 1.38. The molecule has 0 fully saturated rings. The number of nitrogens with zero attached hydrogens (tertiary/aromatic N) is 1. The fourth-order valence-corrected chi connectivity index (χ4v) is 12.1. The fourth-order valence-electron chi connectivity index (χ4n) is 10.8. The van der Waals surface area contributed by atoms with E-state index in [9.17, 15) is 0 Å². The second kappa shape index (κ2) is 15.7. The highest BCUT2D eigenvalue weighted by Crippen LogP contribution is 2.51. The zero-order valence-corrected chi connectivity index (χ0v) is 37.9. The van der Waals surface area contributed by atoms with Crippen molar-refractivity contribution in [3.63, 3.8) is 0 Å². The number of fused-ring (bicyclic) bond motifs is 5. The van der Waals surface area contributed by atoms with Gasteiger partial charge in [-0.3, -0.25) is 0 Å². The number of anilines is 3. The molecule has 3 aliphatic carbocycles. The molecule has 1 heterocycles. The van der Waals surface area contributed by atoms with Gasteiger partial charge in [0.1, 0.15) is 0 Å². The Morgan fingerprint density at radius 1 is 0.540 bits per heavy atom. The summed E-state index contributed by atoms with van der Waals surface area (Å²) in [6, 6.07) is 55.1. The Bertz CT molecular complexity index is 3180. The van der Waals surface area contributed by atoms with Crippen LogP contribution in [0.25, 0.3) is 66.2 Å². The molecule has 0 N–H and O–H groups in total. The third-order valence-corrected chi connectivity index (χ3v) is 15.5. The van der Waals surface area contributed by atoms with Crippen LogP contribution >= 0.6 is 11.3 Å². The molecule has 0 saturated heterocycles. The van der Waals surface area contributed by atoms with Crippen molar-refractivity contribution in [3.05, 3.63) is 208 Å². The molecule has 1 nitrogen and oxygen atoms in total. The Kier molecular flexibility index (Phi) is 9.81. The molecule has 0 atom stereocenters. The average molecular weight is 832 g/mol. The molecule has 8 aromatic rings. The molecule has 0 unspecified atom stereocenters. The Morgan fingerprint density at radius 3 is 1.89 bits per heavy atom. The maximum absolute atomic E-state index is 2.48. The summed E-state index contributed by atoms with van der Waals surface area (Å²) in [6.07, 6.45) is 15.3. The lowest BCUT2D eigenvalue weighted by Gasteiger charge is -2.30. The van der Waals surface area contributed by atoms with E-state index in [1.807, 2.05) is 11.3 Å². The van der Waals surface area contributed by atoms with Crippen LogP contribution in [0.4, 0.5) is 17.1 Å². The quantitative estimate of drug-likeness (QED) is 0.155. The van der Waals surface area contributed by atoms with Crippen molar-refractivity contribution in [3.8, 4) is 44.5 Å². The third-order valence-electron chi connectivity index (χ3n) is 14.2. The summed E-state index contributed by atoms with van der Waals surface area (Å²) in [5.74, 6) is 0. The lowest BCUT2D eigenvalue weighted by molar-refractivity contribution is 0.607. The van der Waals surface area contributed by atoms with Gasteiger partial charge in [0.15, 0.2) is 0 Å². The van der Waals surface area contributed by atoms with Crippen molar-refractivity contribution in [2.45, 2.75) is 72.1 Å². The van der Waals surface area contributed by atoms with Gasteiger partial charge < -0.3 is 4.90 Å². The fraction of sp³-hybridized carbons (Fsp3) is 0.180. The van der Waals surface area contributed by atoms with Crippen LogP contribution in [0.3, 0.4) is 0 Å². The topological polar surface area (TPSA) is 3.24 Å². The first-order valence-corrected chi connectivity index (χ1v) is 23.6. The van der Waals surface area contributed by atoms with E-state index in [0.717, 1.165) is 29.9 Å². The highest BCUT2D eigenvalue weighted by atomic mass is 32.1. The molecule has 11 rings (SSSR count). The molecule has 7 aromatic carbocycles. The molecular weight excluding hydrogens is 779 g/mol. The van der Waals surface area contributed by atoms with Gasteiger partial charge in [0.05, 0.1) is 5.69 Å². The zero-order valence-electron chi connectivity index (χ0n) is 37.1. The van der Waals surface area contributed by atoms with Crippen LogP contribution in [0.15, 0.2) is 169 Å². The predicted molar refractivity (Wildman–Crippen MR) is 273 cm³/mol. The van der Waals surface area contributed by atoms with Crippen LogP contribution in [0.2, 0.25) is 0 Å². The van der Waals surface area contributed by atoms with Gasteiger partial charge in [-0.15, -0.1) is 11.3 Å². The Balaban J connectivity index is 1.04. The zero-order chi connectivity index (χ0) is 42.8. The Labute approximate surface area is 377 Å². The van der Waals surface area contributed by atoms with Crippen molar-refractivity contribution in [1.82, 2.24) is 0 Å². The van der Waals surface area contributed by atoms with Crippen molar-refractivity contribution < 1.29 is 0 Å². The van der Waals surface area contributed by atoms with Crippen molar-refractivity contribution in [1.29, 1.82) is 0 Å². The van der Waals surface area contributed by atoms with E-state index in [4.69, 9.17) is 0 Å². The van der Waals surface area contributed by atoms with E-state index in [0.29, 0.717) is 0 Å². The molecule has 308 valence electrons. The van der Waals surface area contributed by atoms with Gasteiger partial charge in [0.25, 0.3) is 0 Å². The first-order valence-electron chi connectivity index (χ1n) is 22.8. The van der Waals surface area contributed by atoms with Crippen molar-refractivity contribution in [2.75, 3.05) is 4.90 Å². The molecule has 1 aromatic heterocycles. The highest BCUT2D eigenvalue weighted by Gasteiger charge is 2.37. The number of allylic oxidation sites excluding steroid dienone is 5. The minimum atomic E-state index is 0.0722. The number of thiophene rings is 1. The SMILES string of the molecule is Cc1ccccc1-c1ccc(N(c2ccc(-c3ccc4c(c3)C3=C(CCC=C3)C4(C)C)cc2)c2ccc(-c3ccc4c5c(sc4c3)CCCC=C5)cc2)c(-c2ccccc2C)c1C. The maximum atomic E-state index is 2.48. The Hall–Kier alpha value is -6.48.